The van der Waals surface area contributed by atoms with Crippen LogP contribution in [-0.2, 0) is 15.9 Å². The smallest absolute Gasteiger partial charge is 0.356 e. The van der Waals surface area contributed by atoms with Crippen LogP contribution in [-0.4, -0.2) is 45.2 Å². The molecule has 2 aromatic heterocycles. The molecule has 1 amide bonds. The molecule has 2 heterocycles. The number of benzene rings is 1. The molecule has 9 nitrogen and oxygen atoms in total. The monoisotopic (exact) mass is 450 g/mol. The van der Waals surface area contributed by atoms with E-state index in [-0.39, 0.29) is 29.3 Å². The van der Waals surface area contributed by atoms with E-state index in [0.717, 1.165) is 23.1 Å². The van der Waals surface area contributed by atoms with Gasteiger partial charge >= 0.3 is 11.9 Å². The fourth-order valence-electron chi connectivity index (χ4n) is 4.10. The number of esters is 2. The third-order valence-corrected chi connectivity index (χ3v) is 5.60. The second-order valence-electron chi connectivity index (χ2n) is 8.99. The van der Waals surface area contributed by atoms with Gasteiger partial charge in [-0.05, 0) is 63.3 Å². The summed E-state index contributed by atoms with van der Waals surface area (Å²) in [6.07, 6.45) is 2.92. The highest BCUT2D eigenvalue weighted by atomic mass is 16.6. The van der Waals surface area contributed by atoms with Crippen LogP contribution in [0.2, 0.25) is 0 Å². The minimum Gasteiger partial charge on any atom is -0.464 e. The lowest BCUT2D eigenvalue weighted by Gasteiger charge is -2.21. The quantitative estimate of drug-likeness (QED) is 0.608. The third kappa shape index (κ3) is 4.30. The molecule has 9 heteroatoms. The normalized spacial score (nSPS) is 15.2. The second-order valence-corrected chi connectivity index (χ2v) is 8.99. The van der Waals surface area contributed by atoms with Gasteiger partial charge in [0.2, 0.25) is 0 Å². The van der Waals surface area contributed by atoms with Crippen molar-refractivity contribution in [1.29, 1.82) is 0 Å². The van der Waals surface area contributed by atoms with Gasteiger partial charge in [-0.3, -0.25) is 4.79 Å². The summed E-state index contributed by atoms with van der Waals surface area (Å²) in [7, 11) is 1.26. The Balaban J connectivity index is 1.61. The maximum Gasteiger partial charge on any atom is 0.356 e. The highest BCUT2D eigenvalue weighted by molar-refractivity contribution is 5.97. The molecule has 0 spiro atoms. The van der Waals surface area contributed by atoms with Crippen molar-refractivity contribution in [3.05, 3.63) is 64.1 Å². The van der Waals surface area contributed by atoms with E-state index in [4.69, 9.17) is 9.47 Å². The number of aromatic nitrogens is 3. The van der Waals surface area contributed by atoms with Crippen LogP contribution in [0.4, 0.5) is 0 Å². The number of nitrogens with one attached hydrogen (secondary N) is 1. The third-order valence-electron chi connectivity index (χ3n) is 5.60. The fourth-order valence-corrected chi connectivity index (χ4v) is 4.10. The number of nitrogens with zero attached hydrogens (tertiary/aromatic N) is 3. The predicted octanol–water partition coefficient (Wildman–Crippen LogP) is 3.20. The maximum atomic E-state index is 13.2. The number of fused-ring (bicyclic) bond motifs is 2. The first kappa shape index (κ1) is 22.4. The topological polar surface area (TPSA) is 112 Å². The number of methoxy groups -OCH3 is 1. The summed E-state index contributed by atoms with van der Waals surface area (Å²) < 4.78 is 11.7. The van der Waals surface area contributed by atoms with E-state index in [2.05, 4.69) is 15.4 Å². The van der Waals surface area contributed by atoms with Crippen LogP contribution < -0.4 is 5.32 Å². The van der Waals surface area contributed by atoms with Gasteiger partial charge in [-0.2, -0.15) is 5.10 Å². The first-order valence-electron chi connectivity index (χ1n) is 10.7. The molecular weight excluding hydrogens is 424 g/mol. The minimum absolute atomic E-state index is 0.0281. The molecule has 4 rings (SSSR count). The SMILES string of the molecule is COC(=O)c1cc(C(=O)N[C@H]2CCc3c2ccc(C(=O)OC(C)(C)C)c3C)n2nccc2n1. The van der Waals surface area contributed by atoms with Gasteiger partial charge in [0.05, 0.1) is 24.9 Å². The Morgan fingerprint density at radius 2 is 1.91 bits per heavy atom. The van der Waals surface area contributed by atoms with Gasteiger partial charge in [-0.25, -0.2) is 19.1 Å². The van der Waals surface area contributed by atoms with Crippen molar-refractivity contribution in [2.45, 2.75) is 52.2 Å². The van der Waals surface area contributed by atoms with Crippen LogP contribution in [0.5, 0.6) is 0 Å². The summed E-state index contributed by atoms with van der Waals surface area (Å²) in [6.45, 7) is 7.41. The number of carbonyl (C=O) groups is 3. The highest BCUT2D eigenvalue weighted by Gasteiger charge is 2.30. The molecule has 0 saturated heterocycles. The zero-order valence-corrected chi connectivity index (χ0v) is 19.3. The average molecular weight is 450 g/mol. The largest absolute Gasteiger partial charge is 0.464 e. The van der Waals surface area contributed by atoms with Crippen LogP contribution >= 0.6 is 0 Å². The van der Waals surface area contributed by atoms with E-state index < -0.39 is 11.6 Å². The summed E-state index contributed by atoms with van der Waals surface area (Å²) in [5.74, 6) is -1.38. The Morgan fingerprint density at radius 1 is 1.15 bits per heavy atom. The minimum atomic E-state index is -0.635. The zero-order valence-electron chi connectivity index (χ0n) is 19.3. The summed E-state index contributed by atoms with van der Waals surface area (Å²) >= 11 is 0. The number of ether oxygens (including phenoxy) is 2. The lowest BCUT2D eigenvalue weighted by Crippen LogP contribution is -2.29. The van der Waals surface area contributed by atoms with E-state index in [1.54, 1.807) is 12.1 Å². The summed E-state index contributed by atoms with van der Waals surface area (Å²) in [5, 5.41) is 7.18. The molecule has 0 unspecified atom stereocenters. The van der Waals surface area contributed by atoms with Crippen LogP contribution in [0.25, 0.3) is 5.65 Å². The van der Waals surface area contributed by atoms with Crippen LogP contribution in [0.3, 0.4) is 0 Å². The molecule has 0 saturated carbocycles. The van der Waals surface area contributed by atoms with Crippen molar-refractivity contribution in [2.24, 2.45) is 0 Å². The molecule has 0 aliphatic heterocycles. The van der Waals surface area contributed by atoms with Crippen molar-refractivity contribution in [1.82, 2.24) is 19.9 Å². The van der Waals surface area contributed by atoms with Crippen molar-refractivity contribution in [3.63, 3.8) is 0 Å². The molecule has 1 aliphatic rings. The number of hydrogen-bond acceptors (Lipinski definition) is 7. The van der Waals surface area contributed by atoms with E-state index in [9.17, 15) is 14.4 Å². The number of carbonyl (C=O) groups excluding carboxylic acids is 3. The average Bonchev–Trinajstić information content (AvgIpc) is 3.38. The van der Waals surface area contributed by atoms with Gasteiger partial charge in [-0.1, -0.05) is 6.07 Å². The van der Waals surface area contributed by atoms with Gasteiger partial charge in [0.25, 0.3) is 5.91 Å². The summed E-state index contributed by atoms with van der Waals surface area (Å²) in [4.78, 5) is 41.9. The van der Waals surface area contributed by atoms with Crippen LogP contribution in [0.15, 0.2) is 30.5 Å². The van der Waals surface area contributed by atoms with E-state index >= 15 is 0 Å². The fraction of sp³-hybridized carbons (Fsp3) is 0.375. The van der Waals surface area contributed by atoms with Crippen molar-refractivity contribution >= 4 is 23.5 Å². The van der Waals surface area contributed by atoms with E-state index in [0.29, 0.717) is 17.6 Å². The Morgan fingerprint density at radius 3 is 2.61 bits per heavy atom. The van der Waals surface area contributed by atoms with Crippen LogP contribution in [0.1, 0.15) is 81.3 Å². The molecule has 172 valence electrons. The maximum absolute atomic E-state index is 13.2. The predicted molar refractivity (Wildman–Crippen MR) is 119 cm³/mol. The molecule has 1 N–H and O–H groups in total. The summed E-state index contributed by atoms with van der Waals surface area (Å²) in [6, 6.07) is 6.36. The Hall–Kier alpha value is -3.75. The second kappa shape index (κ2) is 8.31. The van der Waals surface area contributed by atoms with Gasteiger partial charge in [0.1, 0.15) is 11.3 Å². The molecule has 0 bridgehead atoms. The first-order valence-corrected chi connectivity index (χ1v) is 10.7. The Labute approximate surface area is 191 Å². The van der Waals surface area contributed by atoms with Crippen molar-refractivity contribution in [2.75, 3.05) is 7.11 Å². The molecular formula is C24H26N4O5. The lowest BCUT2D eigenvalue weighted by molar-refractivity contribution is 0.00682. The number of hydrogen-bond donors (Lipinski definition) is 1. The Kier molecular flexibility index (Phi) is 5.65. The number of rotatable bonds is 4. The Bertz CT molecular complexity index is 1270. The molecule has 0 fully saturated rings. The molecule has 33 heavy (non-hydrogen) atoms. The highest BCUT2D eigenvalue weighted by Crippen LogP contribution is 2.35. The van der Waals surface area contributed by atoms with Gasteiger partial charge in [0.15, 0.2) is 11.3 Å². The first-order chi connectivity index (χ1) is 15.6. The number of amides is 1. The molecule has 3 aromatic rings. The molecule has 1 atom stereocenters. The zero-order chi connectivity index (χ0) is 23.9. The summed E-state index contributed by atoms with van der Waals surface area (Å²) in [5.41, 5.74) is 3.40. The van der Waals surface area contributed by atoms with Gasteiger partial charge < -0.3 is 14.8 Å². The van der Waals surface area contributed by atoms with Crippen molar-refractivity contribution < 1.29 is 23.9 Å². The van der Waals surface area contributed by atoms with Crippen LogP contribution in [0, 0.1) is 6.92 Å². The molecule has 1 aliphatic carbocycles. The standard InChI is InChI=1S/C24H26N4O5/c1-13-14-8-9-17(16(14)7-6-15(13)22(30)33-24(2,3)4)27-21(29)19-12-18(23(31)32-5)26-20-10-11-25-28(19)20/h6-7,10-12,17H,8-9H2,1-5H3,(H,27,29)/t17-/m0/s1. The van der Waals surface area contributed by atoms with Gasteiger partial charge in [0, 0.05) is 12.1 Å². The van der Waals surface area contributed by atoms with Crippen molar-refractivity contribution in [3.8, 4) is 0 Å². The molecule has 1 aromatic carbocycles. The molecule has 0 radical (unpaired) electrons. The van der Waals surface area contributed by atoms with E-state index in [1.165, 1.54) is 23.9 Å². The van der Waals surface area contributed by atoms with E-state index in [1.807, 2.05) is 33.8 Å². The lowest BCUT2D eigenvalue weighted by atomic mass is 9.97. The van der Waals surface area contributed by atoms with Gasteiger partial charge in [-0.15, -0.1) is 0 Å².